The van der Waals surface area contributed by atoms with Gasteiger partial charge in [0.2, 0.25) is 5.52 Å². The zero-order valence-electron chi connectivity index (χ0n) is 12.4. The second-order valence-corrected chi connectivity index (χ2v) is 5.14. The number of aromatic amines is 2. The summed E-state index contributed by atoms with van der Waals surface area (Å²) in [6.07, 6.45) is 7.96. The maximum Gasteiger partial charge on any atom is 0.397 e. The third-order valence-corrected chi connectivity index (χ3v) is 3.41. The van der Waals surface area contributed by atoms with E-state index in [0.717, 1.165) is 24.8 Å². The second kappa shape index (κ2) is 6.38. The molecule has 0 aliphatic rings. The van der Waals surface area contributed by atoms with E-state index in [9.17, 15) is 0 Å². The number of rotatable bonds is 6. The van der Waals surface area contributed by atoms with Crippen LogP contribution in [0.2, 0.25) is 0 Å². The van der Waals surface area contributed by atoms with E-state index in [1.54, 1.807) is 12.5 Å². The van der Waals surface area contributed by atoms with Gasteiger partial charge in [0.25, 0.3) is 0 Å². The lowest BCUT2D eigenvalue weighted by Gasteiger charge is -2.15. The van der Waals surface area contributed by atoms with Gasteiger partial charge < -0.3 is 10.5 Å². The van der Waals surface area contributed by atoms with Crippen LogP contribution in [0.1, 0.15) is 25.3 Å². The second-order valence-electron chi connectivity index (χ2n) is 5.14. The first-order valence-electron chi connectivity index (χ1n) is 7.34. The Kier molecular flexibility index (Phi) is 4.13. The summed E-state index contributed by atoms with van der Waals surface area (Å²) in [5, 5.41) is 0. The van der Waals surface area contributed by atoms with E-state index in [1.807, 2.05) is 18.3 Å². The smallest absolute Gasteiger partial charge is 0.397 e. The Morgan fingerprint density at radius 1 is 1.41 bits per heavy atom. The molecule has 1 atom stereocenters. The highest BCUT2D eigenvalue weighted by Gasteiger charge is 2.19. The van der Waals surface area contributed by atoms with Crippen LogP contribution in [0.15, 0.2) is 30.9 Å². The van der Waals surface area contributed by atoms with Crippen LogP contribution in [0.3, 0.4) is 0 Å². The van der Waals surface area contributed by atoms with Crippen molar-refractivity contribution in [2.24, 2.45) is 0 Å². The van der Waals surface area contributed by atoms with E-state index < -0.39 is 0 Å². The van der Waals surface area contributed by atoms with Crippen LogP contribution in [-0.2, 0) is 6.42 Å². The lowest BCUT2D eigenvalue weighted by atomic mass is 10.1. The van der Waals surface area contributed by atoms with Crippen LogP contribution in [0.5, 0.6) is 6.01 Å². The molecule has 0 bridgehead atoms. The number of pyridine rings is 1. The van der Waals surface area contributed by atoms with E-state index in [1.165, 1.54) is 0 Å². The molecule has 0 amide bonds. The van der Waals surface area contributed by atoms with Crippen molar-refractivity contribution < 1.29 is 9.72 Å². The number of nitrogens with one attached hydrogen (secondary N) is 2. The maximum atomic E-state index is 5.95. The number of nitrogens with zero attached hydrogens (tertiary/aromatic N) is 3. The van der Waals surface area contributed by atoms with E-state index in [4.69, 9.17) is 10.5 Å². The molecule has 3 aromatic heterocycles. The third kappa shape index (κ3) is 3.13. The van der Waals surface area contributed by atoms with Gasteiger partial charge in [-0.3, -0.25) is 9.97 Å². The first kappa shape index (κ1) is 14.2. The predicted molar refractivity (Wildman–Crippen MR) is 82.1 cm³/mol. The fourth-order valence-corrected chi connectivity index (χ4v) is 2.39. The number of fused-ring (bicyclic) bond motifs is 1. The number of hydrogen-bond acceptors (Lipinski definition) is 5. The molecule has 0 saturated heterocycles. The van der Waals surface area contributed by atoms with E-state index in [2.05, 4.69) is 31.8 Å². The first-order chi connectivity index (χ1) is 10.8. The largest absolute Gasteiger partial charge is 0.447 e. The van der Waals surface area contributed by atoms with Gasteiger partial charge in [0.1, 0.15) is 6.10 Å². The average molecular weight is 299 g/mol. The molecule has 0 aliphatic heterocycles. The van der Waals surface area contributed by atoms with Crippen molar-refractivity contribution in [2.75, 3.05) is 5.73 Å². The van der Waals surface area contributed by atoms with Crippen LogP contribution < -0.4 is 15.5 Å². The molecule has 0 aromatic carbocycles. The van der Waals surface area contributed by atoms with Gasteiger partial charge in [0.05, 0.1) is 0 Å². The molecule has 3 aromatic rings. The zero-order chi connectivity index (χ0) is 15.4. The van der Waals surface area contributed by atoms with Gasteiger partial charge in [-0.1, -0.05) is 19.4 Å². The Labute approximate surface area is 128 Å². The van der Waals surface area contributed by atoms with Crippen LogP contribution in [-0.4, -0.2) is 26.0 Å². The molecule has 0 fully saturated rings. The van der Waals surface area contributed by atoms with Gasteiger partial charge in [-0.2, -0.15) is 4.98 Å². The van der Waals surface area contributed by atoms with Crippen LogP contribution in [0.4, 0.5) is 5.82 Å². The summed E-state index contributed by atoms with van der Waals surface area (Å²) in [7, 11) is 0. The molecule has 4 N–H and O–H groups in total. The zero-order valence-corrected chi connectivity index (χ0v) is 12.4. The molecule has 0 radical (unpaired) electrons. The minimum absolute atomic E-state index is 0.00927. The molecule has 3 heterocycles. The minimum Gasteiger partial charge on any atom is -0.447 e. The summed E-state index contributed by atoms with van der Waals surface area (Å²) in [6, 6.07) is 4.26. The molecule has 22 heavy (non-hydrogen) atoms. The quantitative estimate of drug-likeness (QED) is 0.718. The van der Waals surface area contributed by atoms with E-state index in [0.29, 0.717) is 23.0 Å². The Morgan fingerprint density at radius 2 is 2.32 bits per heavy atom. The highest BCUT2D eigenvalue weighted by molar-refractivity contribution is 5.78. The van der Waals surface area contributed by atoms with Gasteiger partial charge in [0.15, 0.2) is 12.1 Å². The summed E-state index contributed by atoms with van der Waals surface area (Å²) in [5.74, 6) is 0.373. The molecule has 114 valence electrons. The SMILES string of the molecule is CCCC(Cc1cccnc1)Oc1nc(N)c2[nH]c[nH+]c2n1. The van der Waals surface area contributed by atoms with Crippen LogP contribution >= 0.6 is 0 Å². The van der Waals surface area contributed by atoms with E-state index >= 15 is 0 Å². The molecular formula is C15H19N6O+. The summed E-state index contributed by atoms with van der Waals surface area (Å²) in [5.41, 5.74) is 8.36. The fourth-order valence-electron chi connectivity index (χ4n) is 2.39. The third-order valence-electron chi connectivity index (χ3n) is 3.41. The molecule has 1 unspecified atom stereocenters. The molecule has 0 aliphatic carbocycles. The first-order valence-corrected chi connectivity index (χ1v) is 7.34. The Bertz CT molecular complexity index is 742. The van der Waals surface area contributed by atoms with Gasteiger partial charge >= 0.3 is 11.7 Å². The van der Waals surface area contributed by atoms with Gasteiger partial charge in [-0.05, 0) is 23.0 Å². The standard InChI is InChI=1S/C15H18N6O/c1-2-4-11(7-10-5-3-6-17-8-10)22-15-20-13(16)12-14(21-15)19-9-18-12/h3,5-6,8-9,11H,2,4,7H2,1H3,(H3,16,18,19,20,21)/p+1. The van der Waals surface area contributed by atoms with Crippen molar-refractivity contribution in [3.8, 4) is 6.01 Å². The van der Waals surface area contributed by atoms with Gasteiger partial charge in [-0.15, -0.1) is 0 Å². The molecular weight excluding hydrogens is 280 g/mol. The summed E-state index contributed by atoms with van der Waals surface area (Å²) < 4.78 is 5.95. The number of imidazole rings is 1. The van der Waals surface area contributed by atoms with Gasteiger partial charge in [0, 0.05) is 18.8 Å². The minimum atomic E-state index is -0.00927. The van der Waals surface area contributed by atoms with Crippen molar-refractivity contribution in [1.29, 1.82) is 0 Å². The number of aromatic nitrogens is 5. The summed E-state index contributed by atoms with van der Waals surface area (Å²) in [6.45, 7) is 2.12. The van der Waals surface area contributed by atoms with Crippen molar-refractivity contribution in [3.05, 3.63) is 36.4 Å². The van der Waals surface area contributed by atoms with Crippen molar-refractivity contribution in [3.63, 3.8) is 0 Å². The number of hydrogen-bond donors (Lipinski definition) is 2. The molecule has 3 rings (SSSR count). The number of anilines is 1. The number of ether oxygens (including phenoxy) is 1. The lowest BCUT2D eigenvalue weighted by molar-refractivity contribution is -0.347. The van der Waals surface area contributed by atoms with Crippen molar-refractivity contribution >= 4 is 17.0 Å². The van der Waals surface area contributed by atoms with Crippen LogP contribution in [0, 0.1) is 0 Å². The molecule has 0 spiro atoms. The highest BCUT2D eigenvalue weighted by atomic mass is 16.5. The molecule has 0 saturated carbocycles. The Morgan fingerprint density at radius 3 is 3.09 bits per heavy atom. The maximum absolute atomic E-state index is 5.95. The van der Waals surface area contributed by atoms with E-state index in [-0.39, 0.29) is 6.10 Å². The highest BCUT2D eigenvalue weighted by Crippen LogP contribution is 2.18. The number of H-pyrrole nitrogens is 2. The monoisotopic (exact) mass is 299 g/mol. The number of nitrogens with two attached hydrogens (primary N) is 1. The average Bonchev–Trinajstić information content (AvgIpc) is 2.97. The molecule has 7 heteroatoms. The summed E-state index contributed by atoms with van der Waals surface area (Å²) in [4.78, 5) is 18.6. The van der Waals surface area contributed by atoms with Crippen molar-refractivity contribution in [1.82, 2.24) is 19.9 Å². The fraction of sp³-hybridized carbons (Fsp3) is 0.333. The van der Waals surface area contributed by atoms with Crippen molar-refractivity contribution in [2.45, 2.75) is 32.3 Å². The topological polar surface area (TPSA) is 104 Å². The Balaban J connectivity index is 1.79. The summed E-state index contributed by atoms with van der Waals surface area (Å²) >= 11 is 0. The normalized spacial score (nSPS) is 12.4. The van der Waals surface area contributed by atoms with Gasteiger partial charge in [-0.25, -0.2) is 4.98 Å². The Hall–Kier alpha value is -2.70. The molecule has 7 nitrogen and oxygen atoms in total. The number of nitrogen functional groups attached to an aromatic ring is 1. The predicted octanol–water partition coefficient (Wildman–Crippen LogP) is 1.54. The lowest BCUT2D eigenvalue weighted by Crippen LogP contribution is -2.21. The van der Waals surface area contributed by atoms with Crippen LogP contribution in [0.25, 0.3) is 11.2 Å².